The zero-order chi connectivity index (χ0) is 22.9. The second kappa shape index (κ2) is 13.7. The lowest BCUT2D eigenvalue weighted by Gasteiger charge is -2.29. The van der Waals surface area contributed by atoms with Crippen LogP contribution in [-0.2, 0) is 29.0 Å². The number of rotatable bonds is 7. The van der Waals surface area contributed by atoms with Crippen molar-refractivity contribution >= 4 is 41.5 Å². The quantitative estimate of drug-likeness (QED) is 0.301. The summed E-state index contributed by atoms with van der Waals surface area (Å²) in [4.78, 5) is 22.1. The van der Waals surface area contributed by atoms with E-state index in [1.54, 1.807) is 0 Å². The number of aryl methyl sites for hydroxylation is 1. The number of aliphatic imine (C=N–C) groups is 1. The van der Waals surface area contributed by atoms with Crippen molar-refractivity contribution in [1.29, 1.82) is 0 Å². The lowest BCUT2D eigenvalue weighted by Crippen LogP contribution is -2.46. The molecule has 2 aromatic carbocycles. The maximum absolute atomic E-state index is 13.0. The van der Waals surface area contributed by atoms with Crippen molar-refractivity contribution in [2.45, 2.75) is 32.9 Å². The van der Waals surface area contributed by atoms with Gasteiger partial charge in [-0.3, -0.25) is 9.69 Å². The molecule has 184 valence electrons. The van der Waals surface area contributed by atoms with E-state index in [0.717, 1.165) is 64.5 Å². The number of para-hydroxylation sites is 1. The van der Waals surface area contributed by atoms with Crippen LogP contribution in [0.4, 0.5) is 5.69 Å². The second-order valence-electron chi connectivity index (χ2n) is 8.48. The number of fused-ring (bicyclic) bond motifs is 1. The Kier molecular flexibility index (Phi) is 10.6. The van der Waals surface area contributed by atoms with E-state index in [0.29, 0.717) is 12.5 Å². The number of benzene rings is 2. The molecule has 0 atom stereocenters. The molecule has 0 unspecified atom stereocenters. The van der Waals surface area contributed by atoms with Crippen LogP contribution in [0.15, 0.2) is 53.5 Å². The van der Waals surface area contributed by atoms with Gasteiger partial charge in [-0.2, -0.15) is 0 Å². The normalized spacial score (nSPS) is 16.4. The van der Waals surface area contributed by atoms with Gasteiger partial charge in [-0.05, 0) is 42.5 Å². The Morgan fingerprint density at radius 3 is 2.53 bits per heavy atom. The van der Waals surface area contributed by atoms with Gasteiger partial charge in [0.25, 0.3) is 0 Å². The Morgan fingerprint density at radius 1 is 1.00 bits per heavy atom. The number of carbonyl (C=O) groups excluding carboxylic acids is 1. The summed E-state index contributed by atoms with van der Waals surface area (Å²) in [7, 11) is 0. The van der Waals surface area contributed by atoms with E-state index in [1.165, 1.54) is 16.7 Å². The highest BCUT2D eigenvalue weighted by atomic mass is 127. The van der Waals surface area contributed by atoms with Gasteiger partial charge in [-0.1, -0.05) is 42.5 Å². The summed E-state index contributed by atoms with van der Waals surface area (Å²) in [5.74, 6) is 0.734. The third-order valence-corrected chi connectivity index (χ3v) is 6.19. The zero-order valence-corrected chi connectivity index (χ0v) is 22.3. The van der Waals surface area contributed by atoms with Crippen LogP contribution >= 0.6 is 24.0 Å². The molecule has 2 heterocycles. The van der Waals surface area contributed by atoms with Crippen molar-refractivity contribution in [1.82, 2.24) is 15.5 Å². The molecule has 0 aliphatic carbocycles. The number of nitrogens with zero attached hydrogens (tertiary/aromatic N) is 3. The van der Waals surface area contributed by atoms with Crippen LogP contribution in [0.1, 0.15) is 30.0 Å². The number of halogens is 1. The predicted molar refractivity (Wildman–Crippen MR) is 148 cm³/mol. The van der Waals surface area contributed by atoms with Gasteiger partial charge in [0, 0.05) is 38.4 Å². The Morgan fingerprint density at radius 2 is 1.74 bits per heavy atom. The lowest BCUT2D eigenvalue weighted by atomic mass is 10.0. The molecular weight excluding hydrogens is 541 g/mol. The van der Waals surface area contributed by atoms with Crippen molar-refractivity contribution in [3.8, 4) is 0 Å². The lowest BCUT2D eigenvalue weighted by molar-refractivity contribution is -0.117. The number of amides is 1. The monoisotopic (exact) mass is 577 g/mol. The highest BCUT2D eigenvalue weighted by molar-refractivity contribution is 14.0. The molecule has 7 nitrogen and oxygen atoms in total. The largest absolute Gasteiger partial charge is 0.379 e. The van der Waals surface area contributed by atoms with Gasteiger partial charge in [0.15, 0.2) is 5.96 Å². The minimum absolute atomic E-state index is 0. The Balaban J connectivity index is 0.00000324. The van der Waals surface area contributed by atoms with Crippen LogP contribution in [0.5, 0.6) is 0 Å². The van der Waals surface area contributed by atoms with E-state index < -0.39 is 0 Å². The molecule has 8 heteroatoms. The summed E-state index contributed by atoms with van der Waals surface area (Å²) in [6, 6.07) is 16.7. The topological polar surface area (TPSA) is 69.2 Å². The summed E-state index contributed by atoms with van der Waals surface area (Å²) < 4.78 is 5.47. The van der Waals surface area contributed by atoms with Crippen LogP contribution < -0.4 is 15.5 Å². The minimum atomic E-state index is 0. The van der Waals surface area contributed by atoms with Crippen molar-refractivity contribution in [2.24, 2.45) is 4.99 Å². The van der Waals surface area contributed by atoms with Crippen LogP contribution in [-0.4, -0.2) is 62.7 Å². The first-order chi connectivity index (χ1) is 16.2. The molecule has 2 aromatic rings. The third kappa shape index (κ3) is 7.16. The molecule has 2 aliphatic heterocycles. The summed E-state index contributed by atoms with van der Waals surface area (Å²) in [6.45, 7) is 8.74. The van der Waals surface area contributed by atoms with E-state index in [2.05, 4.69) is 45.9 Å². The Hall–Kier alpha value is -2.17. The van der Waals surface area contributed by atoms with Gasteiger partial charge >= 0.3 is 0 Å². The number of guanidine groups is 1. The average Bonchev–Trinajstić information content (AvgIpc) is 2.86. The molecule has 2 aliphatic rings. The fourth-order valence-corrected chi connectivity index (χ4v) is 4.42. The van der Waals surface area contributed by atoms with E-state index >= 15 is 0 Å². The molecule has 2 N–H and O–H groups in total. The molecular formula is C26H36IN5O2. The van der Waals surface area contributed by atoms with Gasteiger partial charge in [-0.25, -0.2) is 4.99 Å². The molecule has 0 bridgehead atoms. The molecule has 1 saturated heterocycles. The first-order valence-electron chi connectivity index (χ1n) is 12.0. The smallest absolute Gasteiger partial charge is 0.246 e. The Bertz CT molecular complexity index is 962. The Labute approximate surface area is 220 Å². The fourth-order valence-electron chi connectivity index (χ4n) is 4.42. The van der Waals surface area contributed by atoms with Crippen LogP contribution in [0.3, 0.4) is 0 Å². The molecule has 0 saturated carbocycles. The number of nitrogens with one attached hydrogen (secondary N) is 2. The average molecular weight is 578 g/mol. The first kappa shape index (κ1) is 26.4. The maximum atomic E-state index is 13.0. The van der Waals surface area contributed by atoms with E-state index in [9.17, 15) is 4.79 Å². The highest BCUT2D eigenvalue weighted by Gasteiger charge is 2.22. The summed E-state index contributed by atoms with van der Waals surface area (Å²) >= 11 is 0. The molecule has 0 radical (unpaired) electrons. The van der Waals surface area contributed by atoms with Crippen LogP contribution in [0.2, 0.25) is 0 Å². The second-order valence-corrected chi connectivity index (χ2v) is 8.48. The number of hydrogen-bond acceptors (Lipinski definition) is 4. The summed E-state index contributed by atoms with van der Waals surface area (Å²) in [5.41, 5.74) is 4.78. The first-order valence-corrected chi connectivity index (χ1v) is 12.0. The standard InChI is InChI=1S/C26H35N5O2.HI/c1-2-27-26(29-19-25(32)31-13-7-11-21-8-5-6-12-24(21)31)28-18-22-9-3-4-10-23(22)20-30-14-16-33-17-15-30;/h3-6,8-10,12H,2,7,11,13-20H2,1H3,(H2,27,28,29);1H. The SMILES string of the molecule is CCNC(=NCc1ccccc1CN1CCOCC1)NCC(=O)N1CCCc2ccccc21.I. The van der Waals surface area contributed by atoms with Crippen LogP contribution in [0.25, 0.3) is 0 Å². The fraction of sp³-hybridized carbons (Fsp3) is 0.462. The van der Waals surface area contributed by atoms with Gasteiger partial charge in [0.1, 0.15) is 0 Å². The minimum Gasteiger partial charge on any atom is -0.379 e. The maximum Gasteiger partial charge on any atom is 0.246 e. The molecule has 34 heavy (non-hydrogen) atoms. The van der Waals surface area contributed by atoms with Gasteiger partial charge in [0.2, 0.25) is 5.91 Å². The van der Waals surface area contributed by atoms with Crippen molar-refractivity contribution in [2.75, 3.05) is 50.8 Å². The van der Waals surface area contributed by atoms with E-state index in [4.69, 9.17) is 9.73 Å². The number of ether oxygens (including phenoxy) is 1. The number of morpholine rings is 1. The molecule has 1 amide bonds. The number of hydrogen-bond donors (Lipinski definition) is 2. The third-order valence-electron chi connectivity index (χ3n) is 6.19. The van der Waals surface area contributed by atoms with Gasteiger partial charge in [-0.15, -0.1) is 24.0 Å². The zero-order valence-electron chi connectivity index (χ0n) is 20.0. The predicted octanol–water partition coefficient (Wildman–Crippen LogP) is 3.17. The molecule has 0 spiro atoms. The summed E-state index contributed by atoms with van der Waals surface area (Å²) in [5, 5.41) is 6.51. The number of carbonyl (C=O) groups is 1. The van der Waals surface area contributed by atoms with Crippen molar-refractivity contribution in [3.05, 3.63) is 65.2 Å². The van der Waals surface area contributed by atoms with Gasteiger partial charge < -0.3 is 20.3 Å². The van der Waals surface area contributed by atoms with Crippen molar-refractivity contribution < 1.29 is 9.53 Å². The summed E-state index contributed by atoms with van der Waals surface area (Å²) in [6.07, 6.45) is 2.03. The molecule has 1 fully saturated rings. The molecule has 0 aromatic heterocycles. The number of anilines is 1. The molecule has 4 rings (SSSR count). The van der Waals surface area contributed by atoms with Gasteiger partial charge in [0.05, 0.1) is 26.3 Å². The highest BCUT2D eigenvalue weighted by Crippen LogP contribution is 2.26. The van der Waals surface area contributed by atoms with Crippen LogP contribution in [0, 0.1) is 0 Å². The van der Waals surface area contributed by atoms with Crippen molar-refractivity contribution in [3.63, 3.8) is 0 Å². The van der Waals surface area contributed by atoms with E-state index in [-0.39, 0.29) is 36.4 Å². The van der Waals surface area contributed by atoms with E-state index in [1.807, 2.05) is 30.0 Å².